The van der Waals surface area contributed by atoms with Gasteiger partial charge in [0.2, 0.25) is 11.8 Å². The zero-order valence-corrected chi connectivity index (χ0v) is 15.4. The van der Waals surface area contributed by atoms with Crippen molar-refractivity contribution in [3.8, 4) is 17.2 Å². The monoisotopic (exact) mass is 370 g/mol. The zero-order valence-electron chi connectivity index (χ0n) is 15.4. The predicted octanol–water partition coefficient (Wildman–Crippen LogP) is 2.14. The molecule has 0 aliphatic carbocycles. The molecule has 7 nitrogen and oxygen atoms in total. The van der Waals surface area contributed by atoms with Crippen molar-refractivity contribution in [2.45, 2.75) is 13.0 Å². The fraction of sp³-hybridized carbons (Fsp3) is 0.300. The van der Waals surface area contributed by atoms with E-state index in [1.807, 2.05) is 18.2 Å². The van der Waals surface area contributed by atoms with E-state index >= 15 is 0 Å². The van der Waals surface area contributed by atoms with Crippen LogP contribution in [0.2, 0.25) is 0 Å². The molecule has 1 aliphatic heterocycles. The predicted molar refractivity (Wildman–Crippen MR) is 100 cm³/mol. The first kappa shape index (κ1) is 18.6. The van der Waals surface area contributed by atoms with E-state index in [9.17, 15) is 9.59 Å². The van der Waals surface area contributed by atoms with E-state index in [1.54, 1.807) is 38.5 Å². The lowest BCUT2D eigenvalue weighted by molar-refractivity contribution is -0.124. The number of nitrogens with one attached hydrogen (secondary N) is 1. The highest BCUT2D eigenvalue weighted by Gasteiger charge is 2.24. The maximum atomic E-state index is 12.4. The number of hydrogen-bond donors (Lipinski definition) is 1. The largest absolute Gasteiger partial charge is 0.493 e. The number of fused-ring (bicyclic) bond motifs is 1. The maximum absolute atomic E-state index is 12.4. The molecule has 142 valence electrons. The molecule has 0 fully saturated rings. The summed E-state index contributed by atoms with van der Waals surface area (Å²) in [7, 11) is 3.13. The molecule has 0 aromatic heterocycles. The molecule has 1 aliphatic rings. The second kappa shape index (κ2) is 8.44. The van der Waals surface area contributed by atoms with Gasteiger partial charge in [-0.2, -0.15) is 0 Å². The molecule has 0 spiro atoms. The smallest absolute Gasteiger partial charge is 0.240 e. The lowest BCUT2D eigenvalue weighted by Crippen LogP contribution is -2.40. The first-order valence-corrected chi connectivity index (χ1v) is 8.62. The quantitative estimate of drug-likeness (QED) is 0.843. The minimum atomic E-state index is -0.255. The number of anilines is 1. The van der Waals surface area contributed by atoms with Crippen LogP contribution < -0.4 is 24.4 Å². The first-order valence-electron chi connectivity index (χ1n) is 8.62. The second-order valence-corrected chi connectivity index (χ2v) is 6.01. The van der Waals surface area contributed by atoms with Crippen molar-refractivity contribution in [3.05, 3.63) is 48.0 Å². The van der Waals surface area contributed by atoms with Crippen LogP contribution in [0.4, 0.5) is 5.69 Å². The summed E-state index contributed by atoms with van der Waals surface area (Å²) in [5.41, 5.74) is 1.48. The van der Waals surface area contributed by atoms with Gasteiger partial charge in [0.15, 0.2) is 11.5 Å². The molecule has 3 rings (SSSR count). The van der Waals surface area contributed by atoms with Gasteiger partial charge in [-0.15, -0.1) is 0 Å². The topological polar surface area (TPSA) is 77.1 Å². The van der Waals surface area contributed by atoms with Crippen molar-refractivity contribution in [1.82, 2.24) is 5.32 Å². The summed E-state index contributed by atoms with van der Waals surface area (Å²) < 4.78 is 16.1. The third-order valence-electron chi connectivity index (χ3n) is 4.27. The third kappa shape index (κ3) is 4.31. The minimum absolute atomic E-state index is 0.0630. The third-order valence-corrected chi connectivity index (χ3v) is 4.27. The number of benzene rings is 2. The van der Waals surface area contributed by atoms with Gasteiger partial charge in [-0.25, -0.2) is 0 Å². The van der Waals surface area contributed by atoms with E-state index in [1.165, 1.54) is 4.90 Å². The van der Waals surface area contributed by atoms with Crippen molar-refractivity contribution in [2.24, 2.45) is 0 Å². The van der Waals surface area contributed by atoms with E-state index < -0.39 is 0 Å². The Kier molecular flexibility index (Phi) is 5.80. The van der Waals surface area contributed by atoms with Crippen molar-refractivity contribution < 1.29 is 23.8 Å². The molecular weight excluding hydrogens is 348 g/mol. The number of ether oxygens (including phenoxy) is 3. The number of carbonyl (C=O) groups is 2. The van der Waals surface area contributed by atoms with Crippen LogP contribution in [-0.2, 0) is 16.1 Å². The molecule has 1 N–H and O–H groups in total. The number of methoxy groups -OCH3 is 2. The average molecular weight is 370 g/mol. The molecule has 0 radical (unpaired) electrons. The van der Waals surface area contributed by atoms with Crippen LogP contribution in [0.25, 0.3) is 0 Å². The van der Waals surface area contributed by atoms with Crippen LogP contribution in [0.1, 0.15) is 12.0 Å². The lowest BCUT2D eigenvalue weighted by Gasteiger charge is -2.21. The fourth-order valence-corrected chi connectivity index (χ4v) is 2.88. The molecule has 0 saturated heterocycles. The van der Waals surface area contributed by atoms with E-state index in [-0.39, 0.29) is 24.8 Å². The Morgan fingerprint density at radius 3 is 2.70 bits per heavy atom. The van der Waals surface area contributed by atoms with Gasteiger partial charge < -0.3 is 19.5 Å². The summed E-state index contributed by atoms with van der Waals surface area (Å²) in [5.74, 6) is 1.43. The SMILES string of the molecule is COc1ccc(CNC(=O)CN2C(=O)CCOc3ccccc32)cc1OC. The molecule has 0 bridgehead atoms. The summed E-state index contributed by atoms with van der Waals surface area (Å²) in [6.07, 6.45) is 0.234. The van der Waals surface area contributed by atoms with Gasteiger partial charge in [-0.1, -0.05) is 18.2 Å². The molecule has 1 heterocycles. The Balaban J connectivity index is 1.66. The summed E-state index contributed by atoms with van der Waals surface area (Å²) in [5, 5.41) is 2.84. The van der Waals surface area contributed by atoms with Crippen molar-refractivity contribution in [1.29, 1.82) is 0 Å². The summed E-state index contributed by atoms with van der Waals surface area (Å²) >= 11 is 0. The van der Waals surface area contributed by atoms with Crippen LogP contribution in [-0.4, -0.2) is 39.2 Å². The summed E-state index contributed by atoms with van der Waals surface area (Å²) in [6.45, 7) is 0.561. The Morgan fingerprint density at radius 2 is 1.93 bits per heavy atom. The number of para-hydroxylation sites is 2. The summed E-state index contributed by atoms with van der Waals surface area (Å²) in [6, 6.07) is 12.7. The Hall–Kier alpha value is -3.22. The Bertz CT molecular complexity index is 837. The highest BCUT2D eigenvalue weighted by molar-refractivity contribution is 6.00. The molecule has 2 aromatic rings. The van der Waals surface area contributed by atoms with Gasteiger partial charge in [0.1, 0.15) is 12.3 Å². The van der Waals surface area contributed by atoms with Gasteiger partial charge in [0.25, 0.3) is 0 Å². The zero-order chi connectivity index (χ0) is 19.2. The second-order valence-electron chi connectivity index (χ2n) is 6.01. The van der Waals surface area contributed by atoms with Crippen LogP contribution >= 0.6 is 0 Å². The molecule has 0 saturated carbocycles. The number of rotatable bonds is 6. The Morgan fingerprint density at radius 1 is 1.15 bits per heavy atom. The van der Waals surface area contributed by atoms with Gasteiger partial charge in [-0.05, 0) is 29.8 Å². The number of amides is 2. The van der Waals surface area contributed by atoms with E-state index in [0.717, 1.165) is 5.56 Å². The Labute approximate surface area is 157 Å². The molecule has 2 aromatic carbocycles. The fourth-order valence-electron chi connectivity index (χ4n) is 2.88. The molecular formula is C20H22N2O5. The van der Waals surface area contributed by atoms with E-state index in [4.69, 9.17) is 14.2 Å². The van der Waals surface area contributed by atoms with Crippen LogP contribution in [0.15, 0.2) is 42.5 Å². The van der Waals surface area contributed by atoms with Crippen molar-refractivity contribution in [2.75, 3.05) is 32.3 Å². The average Bonchev–Trinajstić information content (AvgIpc) is 2.85. The highest BCUT2D eigenvalue weighted by atomic mass is 16.5. The maximum Gasteiger partial charge on any atom is 0.240 e. The normalized spacial score (nSPS) is 13.3. The standard InChI is InChI=1S/C20H22N2O5/c1-25-17-8-7-14(11-18(17)26-2)12-21-19(23)13-22-15-5-3-4-6-16(15)27-10-9-20(22)24/h3-8,11H,9-10,12-13H2,1-2H3,(H,21,23). The molecule has 2 amide bonds. The van der Waals surface area contributed by atoms with Crippen molar-refractivity contribution >= 4 is 17.5 Å². The minimum Gasteiger partial charge on any atom is -0.493 e. The van der Waals surface area contributed by atoms with Gasteiger partial charge in [0.05, 0.1) is 32.9 Å². The first-order chi connectivity index (χ1) is 13.1. The van der Waals surface area contributed by atoms with E-state index in [0.29, 0.717) is 36.1 Å². The van der Waals surface area contributed by atoms with Crippen LogP contribution in [0.3, 0.4) is 0 Å². The molecule has 27 heavy (non-hydrogen) atoms. The summed E-state index contributed by atoms with van der Waals surface area (Å²) in [4.78, 5) is 26.3. The number of hydrogen-bond acceptors (Lipinski definition) is 5. The number of carbonyl (C=O) groups excluding carboxylic acids is 2. The highest BCUT2D eigenvalue weighted by Crippen LogP contribution is 2.31. The van der Waals surface area contributed by atoms with Crippen LogP contribution in [0, 0.1) is 0 Å². The van der Waals surface area contributed by atoms with Crippen molar-refractivity contribution in [3.63, 3.8) is 0 Å². The van der Waals surface area contributed by atoms with Gasteiger partial charge in [-0.3, -0.25) is 14.5 Å². The van der Waals surface area contributed by atoms with Gasteiger partial charge in [0, 0.05) is 6.54 Å². The van der Waals surface area contributed by atoms with E-state index in [2.05, 4.69) is 5.32 Å². The lowest BCUT2D eigenvalue weighted by atomic mass is 10.2. The molecule has 0 atom stereocenters. The molecule has 7 heteroatoms. The van der Waals surface area contributed by atoms with Gasteiger partial charge >= 0.3 is 0 Å². The molecule has 0 unspecified atom stereocenters. The number of nitrogens with zero attached hydrogens (tertiary/aromatic N) is 1. The van der Waals surface area contributed by atoms with Crippen LogP contribution in [0.5, 0.6) is 17.2 Å².